The van der Waals surface area contributed by atoms with Crippen LogP contribution < -0.4 is 5.73 Å². The van der Waals surface area contributed by atoms with Crippen molar-refractivity contribution in [1.82, 2.24) is 9.80 Å². The molecule has 1 saturated heterocycles. The summed E-state index contributed by atoms with van der Waals surface area (Å²) in [5, 5.41) is 0. The molecular weight excluding hydrogens is 294 g/mol. The van der Waals surface area contributed by atoms with Gasteiger partial charge in [0, 0.05) is 43.6 Å². The largest absolute Gasteiger partial charge is 0.340 e. The van der Waals surface area contributed by atoms with E-state index in [4.69, 9.17) is 17.3 Å². The minimum absolute atomic E-state index is 0.0891. The van der Waals surface area contributed by atoms with Crippen molar-refractivity contribution in [3.8, 4) is 0 Å². The van der Waals surface area contributed by atoms with Crippen molar-refractivity contribution in [3.63, 3.8) is 0 Å². The standard InChI is InChI=1S/C14H22ClN3OS/c1-10(11(2)16)14(19)18-7-5-17(6-8-18)9-12-3-4-13(15)20-12/h3-4,10-11H,5-9,16H2,1-2H3. The second kappa shape index (κ2) is 6.89. The maximum absolute atomic E-state index is 12.2. The van der Waals surface area contributed by atoms with Crippen LogP contribution in [0.25, 0.3) is 0 Å². The molecule has 20 heavy (non-hydrogen) atoms. The summed E-state index contributed by atoms with van der Waals surface area (Å²) in [7, 11) is 0. The number of nitrogens with zero attached hydrogens (tertiary/aromatic N) is 2. The van der Waals surface area contributed by atoms with E-state index in [0.717, 1.165) is 37.1 Å². The number of halogens is 1. The maximum Gasteiger partial charge on any atom is 0.227 e. The van der Waals surface area contributed by atoms with Gasteiger partial charge < -0.3 is 10.6 Å². The number of amides is 1. The van der Waals surface area contributed by atoms with E-state index in [9.17, 15) is 4.79 Å². The van der Waals surface area contributed by atoms with Crippen molar-refractivity contribution in [2.75, 3.05) is 26.2 Å². The molecule has 0 bridgehead atoms. The lowest BCUT2D eigenvalue weighted by Gasteiger charge is -2.36. The lowest BCUT2D eigenvalue weighted by molar-refractivity contribution is -0.137. The quantitative estimate of drug-likeness (QED) is 0.925. The van der Waals surface area contributed by atoms with Gasteiger partial charge in [-0.15, -0.1) is 11.3 Å². The Kier molecular flexibility index (Phi) is 5.43. The van der Waals surface area contributed by atoms with E-state index >= 15 is 0 Å². The van der Waals surface area contributed by atoms with Crippen molar-refractivity contribution < 1.29 is 4.79 Å². The summed E-state index contributed by atoms with van der Waals surface area (Å²) in [6.45, 7) is 8.11. The van der Waals surface area contributed by atoms with Gasteiger partial charge in [-0.2, -0.15) is 0 Å². The van der Waals surface area contributed by atoms with Crippen LogP contribution in [0, 0.1) is 5.92 Å². The first-order valence-electron chi connectivity index (χ1n) is 6.98. The first-order chi connectivity index (χ1) is 9.47. The molecule has 1 aromatic heterocycles. The van der Waals surface area contributed by atoms with Gasteiger partial charge in [0.1, 0.15) is 0 Å². The fourth-order valence-electron chi connectivity index (χ4n) is 2.30. The molecule has 0 spiro atoms. The zero-order chi connectivity index (χ0) is 14.7. The van der Waals surface area contributed by atoms with Crippen LogP contribution in [0.5, 0.6) is 0 Å². The van der Waals surface area contributed by atoms with Crippen LogP contribution in [0.1, 0.15) is 18.7 Å². The van der Waals surface area contributed by atoms with Gasteiger partial charge in [0.25, 0.3) is 0 Å². The van der Waals surface area contributed by atoms with Gasteiger partial charge in [-0.1, -0.05) is 18.5 Å². The molecule has 0 aromatic carbocycles. The van der Waals surface area contributed by atoms with Gasteiger partial charge in [-0.05, 0) is 19.1 Å². The van der Waals surface area contributed by atoms with Crippen LogP contribution in [0.15, 0.2) is 12.1 Å². The zero-order valence-electron chi connectivity index (χ0n) is 12.0. The van der Waals surface area contributed by atoms with Crippen LogP contribution >= 0.6 is 22.9 Å². The van der Waals surface area contributed by atoms with E-state index in [1.54, 1.807) is 11.3 Å². The van der Waals surface area contributed by atoms with Gasteiger partial charge in [0.15, 0.2) is 0 Å². The zero-order valence-corrected chi connectivity index (χ0v) is 13.6. The van der Waals surface area contributed by atoms with Crippen LogP contribution in [0.3, 0.4) is 0 Å². The molecule has 2 atom stereocenters. The van der Waals surface area contributed by atoms with Gasteiger partial charge in [0.05, 0.1) is 10.3 Å². The van der Waals surface area contributed by atoms with E-state index in [1.165, 1.54) is 4.88 Å². The van der Waals surface area contributed by atoms with Crippen molar-refractivity contribution >= 4 is 28.8 Å². The number of thiophene rings is 1. The Morgan fingerprint density at radius 2 is 2.00 bits per heavy atom. The topological polar surface area (TPSA) is 49.6 Å². The summed E-state index contributed by atoms with van der Waals surface area (Å²) in [4.78, 5) is 17.8. The average Bonchev–Trinajstić information content (AvgIpc) is 2.83. The molecule has 1 aliphatic rings. The summed E-state index contributed by atoms with van der Waals surface area (Å²) in [5.41, 5.74) is 5.81. The molecule has 2 N–H and O–H groups in total. The average molecular weight is 316 g/mol. The van der Waals surface area contributed by atoms with Crippen LogP contribution in [0.2, 0.25) is 4.34 Å². The number of nitrogens with two attached hydrogens (primary N) is 1. The predicted molar refractivity (Wildman–Crippen MR) is 84.0 cm³/mol. The number of hydrogen-bond acceptors (Lipinski definition) is 4. The van der Waals surface area contributed by atoms with Crippen molar-refractivity contribution in [3.05, 3.63) is 21.3 Å². The highest BCUT2D eigenvalue weighted by molar-refractivity contribution is 7.16. The third-order valence-electron chi connectivity index (χ3n) is 3.87. The molecule has 1 fully saturated rings. The molecular formula is C14H22ClN3OS. The summed E-state index contributed by atoms with van der Waals surface area (Å²) in [6.07, 6.45) is 0. The lowest BCUT2D eigenvalue weighted by atomic mass is 10.0. The molecule has 6 heteroatoms. The lowest BCUT2D eigenvalue weighted by Crippen LogP contribution is -2.51. The Morgan fingerprint density at radius 1 is 1.35 bits per heavy atom. The van der Waals surface area contributed by atoms with Crippen molar-refractivity contribution in [2.24, 2.45) is 11.7 Å². The summed E-state index contributed by atoms with van der Waals surface area (Å²) in [6, 6.07) is 3.92. The highest BCUT2D eigenvalue weighted by Crippen LogP contribution is 2.23. The fraction of sp³-hybridized carbons (Fsp3) is 0.643. The highest BCUT2D eigenvalue weighted by Gasteiger charge is 2.26. The molecule has 1 aliphatic heterocycles. The predicted octanol–water partition coefficient (Wildman–Crippen LogP) is 2.03. The fourth-order valence-corrected chi connectivity index (χ4v) is 3.43. The van der Waals surface area contributed by atoms with Crippen LogP contribution in [0.4, 0.5) is 0 Å². The normalized spacial score (nSPS) is 19.9. The van der Waals surface area contributed by atoms with Gasteiger partial charge in [-0.3, -0.25) is 9.69 Å². The van der Waals surface area contributed by atoms with E-state index in [-0.39, 0.29) is 17.9 Å². The molecule has 0 radical (unpaired) electrons. The Bertz CT molecular complexity index is 455. The Balaban J connectivity index is 1.82. The Labute approximate surface area is 129 Å². The second-order valence-corrected chi connectivity index (χ2v) is 7.25. The summed E-state index contributed by atoms with van der Waals surface area (Å²) >= 11 is 7.57. The number of carbonyl (C=O) groups excluding carboxylic acids is 1. The first-order valence-corrected chi connectivity index (χ1v) is 8.17. The molecule has 4 nitrogen and oxygen atoms in total. The van der Waals surface area contributed by atoms with Crippen LogP contribution in [-0.4, -0.2) is 47.9 Å². The maximum atomic E-state index is 12.2. The molecule has 0 saturated carbocycles. The molecule has 0 aliphatic carbocycles. The third kappa shape index (κ3) is 3.95. The third-order valence-corrected chi connectivity index (χ3v) is 5.09. The molecule has 2 heterocycles. The number of piperazine rings is 1. The van der Waals surface area contributed by atoms with Crippen molar-refractivity contribution in [1.29, 1.82) is 0 Å². The minimum Gasteiger partial charge on any atom is -0.340 e. The van der Waals surface area contributed by atoms with E-state index in [1.807, 2.05) is 24.8 Å². The monoisotopic (exact) mass is 315 g/mol. The number of rotatable bonds is 4. The SMILES string of the molecule is CC(N)C(C)C(=O)N1CCN(Cc2ccc(Cl)s2)CC1. The van der Waals surface area contributed by atoms with E-state index in [2.05, 4.69) is 11.0 Å². The first kappa shape index (κ1) is 15.8. The smallest absolute Gasteiger partial charge is 0.227 e. The number of hydrogen-bond donors (Lipinski definition) is 1. The summed E-state index contributed by atoms with van der Waals surface area (Å²) < 4.78 is 0.833. The van der Waals surface area contributed by atoms with E-state index in [0.29, 0.717) is 0 Å². The number of carbonyl (C=O) groups is 1. The van der Waals surface area contributed by atoms with Crippen LogP contribution in [-0.2, 0) is 11.3 Å². The second-order valence-electron chi connectivity index (χ2n) is 5.46. The van der Waals surface area contributed by atoms with Gasteiger partial charge in [-0.25, -0.2) is 0 Å². The molecule has 112 valence electrons. The van der Waals surface area contributed by atoms with E-state index < -0.39 is 0 Å². The molecule has 2 unspecified atom stereocenters. The molecule has 1 amide bonds. The Hall–Kier alpha value is -0.620. The minimum atomic E-state index is -0.0994. The van der Waals surface area contributed by atoms with Crippen molar-refractivity contribution in [2.45, 2.75) is 26.4 Å². The Morgan fingerprint density at radius 3 is 2.50 bits per heavy atom. The molecule has 1 aromatic rings. The molecule has 2 rings (SSSR count). The van der Waals surface area contributed by atoms with Gasteiger partial charge >= 0.3 is 0 Å². The van der Waals surface area contributed by atoms with Gasteiger partial charge in [0.2, 0.25) is 5.91 Å². The summed E-state index contributed by atoms with van der Waals surface area (Å²) in [5.74, 6) is 0.0801. The highest BCUT2D eigenvalue weighted by atomic mass is 35.5.